The zero-order valence-electron chi connectivity index (χ0n) is 18.1. The van der Waals surface area contributed by atoms with E-state index >= 15 is 0 Å². The number of allylic oxidation sites excluding steroid dienone is 2. The van der Waals surface area contributed by atoms with E-state index in [4.69, 9.17) is 11.6 Å². The molecule has 0 radical (unpaired) electrons. The van der Waals surface area contributed by atoms with Gasteiger partial charge >= 0.3 is 0 Å². The van der Waals surface area contributed by atoms with E-state index in [9.17, 15) is 29.3 Å². The van der Waals surface area contributed by atoms with Crippen LogP contribution in [0.25, 0.3) is 0 Å². The number of fused-ring (bicyclic) bond motifs is 1. The second-order valence-corrected chi connectivity index (χ2v) is 8.67. The second-order valence-electron chi connectivity index (χ2n) is 8.26. The maximum atomic E-state index is 13.5. The van der Waals surface area contributed by atoms with Crippen LogP contribution in [0.2, 0.25) is 5.02 Å². The molecule has 0 spiro atoms. The highest BCUT2D eigenvalue weighted by atomic mass is 35.5. The fraction of sp³-hybridized carbons (Fsp3) is 0.250. The maximum absolute atomic E-state index is 13.5. The normalized spacial score (nSPS) is 19.5. The number of benzene rings is 2. The molecule has 2 atom stereocenters. The van der Waals surface area contributed by atoms with Crippen LogP contribution in [0.4, 0.5) is 5.69 Å². The summed E-state index contributed by atoms with van der Waals surface area (Å²) in [4.78, 5) is 63.5. The number of amides is 3. The Morgan fingerprint density at radius 1 is 1.12 bits per heavy atom. The molecule has 1 fully saturated rings. The quantitative estimate of drug-likeness (QED) is 0.203. The van der Waals surface area contributed by atoms with Crippen LogP contribution in [-0.4, -0.2) is 45.0 Å². The number of halogens is 1. The summed E-state index contributed by atoms with van der Waals surface area (Å²) in [6.07, 6.45) is 2.65. The van der Waals surface area contributed by atoms with E-state index in [1.807, 2.05) is 13.0 Å². The molecule has 1 heterocycles. The fourth-order valence-corrected chi connectivity index (χ4v) is 4.50. The lowest BCUT2D eigenvalue weighted by molar-refractivity contribution is -0.384. The van der Waals surface area contributed by atoms with E-state index in [0.717, 1.165) is 21.7 Å². The molecule has 2 aromatic carbocycles. The van der Waals surface area contributed by atoms with Gasteiger partial charge in [0.25, 0.3) is 23.4 Å². The average molecular weight is 482 g/mol. The minimum Gasteiger partial charge on any atom is -0.292 e. The number of nitrogens with zero attached hydrogens (tertiary/aromatic N) is 3. The van der Waals surface area contributed by atoms with Crippen molar-refractivity contribution in [3.05, 3.63) is 86.4 Å². The first kappa shape index (κ1) is 23.3. The third-order valence-electron chi connectivity index (χ3n) is 6.05. The summed E-state index contributed by atoms with van der Waals surface area (Å²) >= 11 is 6.19. The van der Waals surface area contributed by atoms with Gasteiger partial charge < -0.3 is 0 Å². The summed E-state index contributed by atoms with van der Waals surface area (Å²) in [5, 5.41) is 12.8. The van der Waals surface area contributed by atoms with Gasteiger partial charge in [-0.3, -0.25) is 29.3 Å². The molecule has 0 unspecified atom stereocenters. The Kier molecular flexibility index (Phi) is 6.30. The molecule has 34 heavy (non-hydrogen) atoms. The average Bonchev–Trinajstić information content (AvgIpc) is 3.06. The Bertz CT molecular complexity index is 1260. The molecule has 2 aliphatic rings. The van der Waals surface area contributed by atoms with Crippen molar-refractivity contribution in [3.63, 3.8) is 0 Å². The summed E-state index contributed by atoms with van der Waals surface area (Å²) in [7, 11) is 0. The van der Waals surface area contributed by atoms with Gasteiger partial charge in [0.05, 0.1) is 27.3 Å². The number of Topliss-reactive ketones (excluding diaryl/α,β-unsaturated/α-hetero) is 1. The number of carbonyl (C=O) groups excluding carboxylic acids is 4. The van der Waals surface area contributed by atoms with Gasteiger partial charge in [-0.1, -0.05) is 47.5 Å². The van der Waals surface area contributed by atoms with Crippen molar-refractivity contribution >= 4 is 40.8 Å². The number of ketones is 1. The highest BCUT2D eigenvalue weighted by Gasteiger charge is 2.51. The van der Waals surface area contributed by atoms with Crippen molar-refractivity contribution in [1.82, 2.24) is 10.0 Å². The lowest BCUT2D eigenvalue weighted by Crippen LogP contribution is -2.52. The van der Waals surface area contributed by atoms with Crippen molar-refractivity contribution in [2.45, 2.75) is 19.8 Å². The van der Waals surface area contributed by atoms with Crippen molar-refractivity contribution in [2.24, 2.45) is 11.8 Å². The van der Waals surface area contributed by atoms with Crippen LogP contribution < -0.4 is 0 Å². The molecule has 1 saturated heterocycles. The molecular formula is C24H20ClN3O6. The highest BCUT2D eigenvalue weighted by molar-refractivity contribution is 6.34. The third-order valence-corrected chi connectivity index (χ3v) is 6.38. The van der Waals surface area contributed by atoms with Crippen LogP contribution in [0.5, 0.6) is 0 Å². The molecule has 1 aliphatic heterocycles. The Hall–Kier alpha value is -3.85. The molecule has 0 aromatic heterocycles. The van der Waals surface area contributed by atoms with Crippen molar-refractivity contribution in [1.29, 1.82) is 0 Å². The lowest BCUT2D eigenvalue weighted by atomic mass is 9.82. The molecule has 0 N–H and O–H groups in total. The van der Waals surface area contributed by atoms with Crippen LogP contribution in [-0.2, 0) is 9.59 Å². The SMILES string of the molecule is CC1=CC[C@H]2C(=O)N(N(CC(=O)c3cccc([N+](=O)[O-])c3)C(=O)c3ccccc3Cl)C(=O)[C@H]2C1. The van der Waals surface area contributed by atoms with Gasteiger partial charge in [-0.15, -0.1) is 0 Å². The van der Waals surface area contributed by atoms with E-state index in [2.05, 4.69) is 0 Å². The largest absolute Gasteiger partial charge is 0.292 e. The summed E-state index contributed by atoms with van der Waals surface area (Å²) < 4.78 is 0. The number of non-ortho nitro benzene ring substituents is 1. The van der Waals surface area contributed by atoms with Crippen molar-refractivity contribution in [3.8, 4) is 0 Å². The van der Waals surface area contributed by atoms with E-state index < -0.39 is 46.8 Å². The van der Waals surface area contributed by atoms with Gasteiger partial charge in [0.15, 0.2) is 5.78 Å². The molecule has 3 amide bonds. The predicted octanol–water partition coefficient (Wildman–Crippen LogP) is 3.83. The molecular weight excluding hydrogens is 462 g/mol. The van der Waals surface area contributed by atoms with Gasteiger partial charge in [-0.2, -0.15) is 5.01 Å². The molecule has 9 nitrogen and oxygen atoms in total. The van der Waals surface area contributed by atoms with Gasteiger partial charge in [0, 0.05) is 17.7 Å². The molecule has 2 aromatic rings. The lowest BCUT2D eigenvalue weighted by Gasteiger charge is -2.30. The molecule has 174 valence electrons. The molecule has 0 saturated carbocycles. The summed E-state index contributed by atoms with van der Waals surface area (Å²) in [6.45, 7) is 1.20. The van der Waals surface area contributed by atoms with Gasteiger partial charge in [-0.25, -0.2) is 5.01 Å². The van der Waals surface area contributed by atoms with Gasteiger partial charge in [-0.05, 0) is 31.9 Å². The smallest absolute Gasteiger partial charge is 0.274 e. The van der Waals surface area contributed by atoms with E-state index in [0.29, 0.717) is 12.8 Å². The Balaban J connectivity index is 1.72. The van der Waals surface area contributed by atoms with E-state index in [-0.39, 0.29) is 21.8 Å². The third kappa shape index (κ3) is 4.22. The van der Waals surface area contributed by atoms with Crippen LogP contribution in [0.15, 0.2) is 60.2 Å². The van der Waals surface area contributed by atoms with Crippen LogP contribution in [0.1, 0.15) is 40.5 Å². The highest BCUT2D eigenvalue weighted by Crippen LogP contribution is 2.39. The maximum Gasteiger partial charge on any atom is 0.274 e. The number of nitro benzene ring substituents is 1. The first-order chi connectivity index (χ1) is 16.2. The molecule has 1 aliphatic carbocycles. The number of hydrogen-bond donors (Lipinski definition) is 0. The Morgan fingerprint density at radius 3 is 2.53 bits per heavy atom. The molecule has 4 rings (SSSR count). The van der Waals surface area contributed by atoms with E-state index in [1.165, 1.54) is 30.3 Å². The van der Waals surface area contributed by atoms with E-state index in [1.54, 1.807) is 12.1 Å². The monoisotopic (exact) mass is 481 g/mol. The number of hydrazine groups is 1. The minimum atomic E-state index is -0.797. The van der Waals surface area contributed by atoms with Crippen LogP contribution in [0.3, 0.4) is 0 Å². The zero-order valence-corrected chi connectivity index (χ0v) is 18.9. The second kappa shape index (κ2) is 9.18. The summed E-state index contributed by atoms with van der Waals surface area (Å²) in [6, 6.07) is 11.1. The fourth-order valence-electron chi connectivity index (χ4n) is 4.29. The van der Waals surface area contributed by atoms with Crippen LogP contribution in [0, 0.1) is 22.0 Å². The minimum absolute atomic E-state index is 0.0146. The Morgan fingerprint density at radius 2 is 1.82 bits per heavy atom. The first-order valence-corrected chi connectivity index (χ1v) is 10.9. The predicted molar refractivity (Wildman–Crippen MR) is 122 cm³/mol. The standard InChI is InChI=1S/C24H20ClN3O6/c1-14-9-10-17-19(11-14)24(32)27(23(17)31)26(22(30)18-7-2-3-8-20(18)25)13-21(29)15-5-4-6-16(12-15)28(33)34/h2-9,12,17,19H,10-11,13H2,1H3/t17-,19+/m1/s1. The summed E-state index contributed by atoms with van der Waals surface area (Å²) in [5.74, 6) is -3.83. The number of imide groups is 1. The van der Waals surface area contributed by atoms with Gasteiger partial charge in [0.1, 0.15) is 6.54 Å². The van der Waals surface area contributed by atoms with Crippen molar-refractivity contribution < 1.29 is 24.1 Å². The zero-order chi connectivity index (χ0) is 24.6. The number of carbonyl (C=O) groups is 4. The van der Waals surface area contributed by atoms with Crippen LogP contribution >= 0.6 is 11.6 Å². The number of rotatable bonds is 6. The van der Waals surface area contributed by atoms with Crippen molar-refractivity contribution in [2.75, 3.05) is 6.54 Å². The molecule has 0 bridgehead atoms. The first-order valence-electron chi connectivity index (χ1n) is 10.6. The number of hydrogen-bond acceptors (Lipinski definition) is 6. The Labute approximate surface area is 199 Å². The number of nitro groups is 1. The topological polar surface area (TPSA) is 118 Å². The van der Waals surface area contributed by atoms with Gasteiger partial charge in [0.2, 0.25) is 0 Å². The molecule has 10 heteroatoms. The summed E-state index contributed by atoms with van der Waals surface area (Å²) in [5.41, 5.74) is 0.664.